The van der Waals surface area contributed by atoms with Gasteiger partial charge in [-0.1, -0.05) is 34.6 Å². The predicted molar refractivity (Wildman–Crippen MR) is 91.0 cm³/mol. The Hall–Kier alpha value is 0.140. The summed E-state index contributed by atoms with van der Waals surface area (Å²) in [5.74, 6) is 0.694. The number of hydrogen-bond acceptors (Lipinski definition) is 2. The average molecular weight is 346 g/mol. The molecule has 110 valence electrons. The third-order valence-corrected chi connectivity index (χ3v) is 5.58. The van der Waals surface area contributed by atoms with Gasteiger partial charge in [0.1, 0.15) is 0 Å². The second kappa shape index (κ2) is 7.24. The normalized spacial score (nSPS) is 15.5. The highest BCUT2D eigenvalue weighted by Gasteiger charge is 2.25. The van der Waals surface area contributed by atoms with E-state index in [1.807, 2.05) is 11.3 Å². The molecule has 0 spiro atoms. The lowest BCUT2D eigenvalue weighted by atomic mass is 9.77. The molecular formula is C16H28BrNS. The Balaban J connectivity index is 2.86. The van der Waals surface area contributed by atoms with Crippen LogP contribution in [0.4, 0.5) is 0 Å². The smallest absolute Gasteiger partial charge is 0.0704 e. The van der Waals surface area contributed by atoms with E-state index in [4.69, 9.17) is 0 Å². The van der Waals surface area contributed by atoms with Gasteiger partial charge in [0.25, 0.3) is 0 Å². The van der Waals surface area contributed by atoms with Crippen molar-refractivity contribution in [3.63, 3.8) is 0 Å². The first-order valence-electron chi connectivity index (χ1n) is 7.25. The Bertz CT molecular complexity index is 392. The minimum Gasteiger partial charge on any atom is -0.310 e. The Labute approximate surface area is 131 Å². The molecule has 0 fully saturated rings. The van der Waals surface area contributed by atoms with Crippen LogP contribution in [0.5, 0.6) is 0 Å². The van der Waals surface area contributed by atoms with Crippen LogP contribution in [0, 0.1) is 18.3 Å². The fraction of sp³-hybridized carbons (Fsp3) is 0.750. The van der Waals surface area contributed by atoms with Gasteiger partial charge in [0.15, 0.2) is 0 Å². The first-order chi connectivity index (χ1) is 8.75. The van der Waals surface area contributed by atoms with Gasteiger partial charge in [0, 0.05) is 10.9 Å². The van der Waals surface area contributed by atoms with Gasteiger partial charge < -0.3 is 5.32 Å². The third-order valence-electron chi connectivity index (χ3n) is 4.01. The maximum Gasteiger partial charge on any atom is 0.0704 e. The van der Waals surface area contributed by atoms with Crippen LogP contribution in [-0.4, -0.2) is 6.54 Å². The van der Waals surface area contributed by atoms with Gasteiger partial charge in [0.2, 0.25) is 0 Å². The number of aryl methyl sites for hydroxylation is 1. The summed E-state index contributed by atoms with van der Waals surface area (Å²) in [6.45, 7) is 14.9. The highest BCUT2D eigenvalue weighted by Crippen LogP contribution is 2.37. The van der Waals surface area contributed by atoms with Crippen molar-refractivity contribution in [3.8, 4) is 0 Å². The molecule has 2 atom stereocenters. The number of nitrogens with one attached hydrogen (secondary N) is 1. The summed E-state index contributed by atoms with van der Waals surface area (Å²) in [7, 11) is 0. The van der Waals surface area contributed by atoms with Crippen LogP contribution in [0.25, 0.3) is 0 Å². The highest BCUT2D eigenvalue weighted by molar-refractivity contribution is 9.11. The van der Waals surface area contributed by atoms with Crippen LogP contribution in [0.15, 0.2) is 9.85 Å². The molecule has 0 amide bonds. The molecule has 0 aliphatic heterocycles. The molecule has 1 aromatic rings. The van der Waals surface area contributed by atoms with Crippen LogP contribution < -0.4 is 5.32 Å². The monoisotopic (exact) mass is 345 g/mol. The predicted octanol–water partition coefficient (Wildman–Crippen LogP) is 5.93. The van der Waals surface area contributed by atoms with Crippen molar-refractivity contribution in [2.45, 2.75) is 60.4 Å². The van der Waals surface area contributed by atoms with E-state index < -0.39 is 0 Å². The molecule has 0 aliphatic carbocycles. The van der Waals surface area contributed by atoms with E-state index in [0.29, 0.717) is 17.4 Å². The van der Waals surface area contributed by atoms with Gasteiger partial charge in [-0.25, -0.2) is 0 Å². The first-order valence-corrected chi connectivity index (χ1v) is 8.85. The average Bonchev–Trinajstić information content (AvgIpc) is 2.62. The van der Waals surface area contributed by atoms with E-state index >= 15 is 0 Å². The molecule has 0 aromatic carbocycles. The fourth-order valence-electron chi connectivity index (χ4n) is 2.15. The zero-order valence-corrected chi connectivity index (χ0v) is 15.5. The second-order valence-electron chi connectivity index (χ2n) is 6.57. The molecule has 19 heavy (non-hydrogen) atoms. The molecule has 1 rings (SSSR count). The summed E-state index contributed by atoms with van der Waals surface area (Å²) in [6.07, 6.45) is 2.39. The summed E-state index contributed by atoms with van der Waals surface area (Å²) in [5, 5.41) is 3.73. The Morgan fingerprint density at radius 2 is 2.00 bits per heavy atom. The summed E-state index contributed by atoms with van der Waals surface area (Å²) in [6, 6.07) is 2.78. The van der Waals surface area contributed by atoms with Crippen molar-refractivity contribution < 1.29 is 0 Å². The van der Waals surface area contributed by atoms with Gasteiger partial charge in [-0.15, -0.1) is 11.3 Å². The van der Waals surface area contributed by atoms with Crippen molar-refractivity contribution >= 4 is 27.3 Å². The van der Waals surface area contributed by atoms with Gasteiger partial charge >= 0.3 is 0 Å². The molecule has 0 aliphatic rings. The van der Waals surface area contributed by atoms with Gasteiger partial charge in [-0.05, 0) is 65.2 Å². The lowest BCUT2D eigenvalue weighted by molar-refractivity contribution is 0.223. The largest absolute Gasteiger partial charge is 0.310 e. The van der Waals surface area contributed by atoms with E-state index in [1.165, 1.54) is 27.1 Å². The molecule has 0 bridgehead atoms. The minimum absolute atomic E-state index is 0.368. The molecular weight excluding hydrogens is 318 g/mol. The van der Waals surface area contributed by atoms with Crippen LogP contribution >= 0.6 is 27.3 Å². The van der Waals surface area contributed by atoms with Gasteiger partial charge in [-0.2, -0.15) is 0 Å². The number of hydrogen-bond donors (Lipinski definition) is 1. The molecule has 1 N–H and O–H groups in total. The summed E-state index contributed by atoms with van der Waals surface area (Å²) < 4.78 is 1.24. The molecule has 1 nitrogen and oxygen atoms in total. The molecule has 0 saturated heterocycles. The van der Waals surface area contributed by atoms with E-state index in [-0.39, 0.29) is 0 Å². The Kier molecular flexibility index (Phi) is 6.55. The Morgan fingerprint density at radius 3 is 2.42 bits per heavy atom. The third kappa shape index (κ3) is 5.20. The van der Waals surface area contributed by atoms with Crippen molar-refractivity contribution in [1.82, 2.24) is 5.32 Å². The van der Waals surface area contributed by atoms with Crippen molar-refractivity contribution in [2.75, 3.05) is 6.54 Å². The van der Waals surface area contributed by atoms with Gasteiger partial charge in [-0.3, -0.25) is 0 Å². The lowest BCUT2D eigenvalue weighted by Gasteiger charge is -2.31. The molecule has 0 saturated carbocycles. The topological polar surface area (TPSA) is 12.0 Å². The number of rotatable bonds is 6. The molecule has 3 heteroatoms. The summed E-state index contributed by atoms with van der Waals surface area (Å²) in [5.41, 5.74) is 1.84. The van der Waals surface area contributed by atoms with Crippen LogP contribution in [-0.2, 0) is 0 Å². The van der Waals surface area contributed by atoms with Crippen LogP contribution in [0.3, 0.4) is 0 Å². The van der Waals surface area contributed by atoms with E-state index in [1.54, 1.807) is 0 Å². The number of halogens is 1. The van der Waals surface area contributed by atoms with E-state index in [2.05, 4.69) is 68.9 Å². The molecule has 2 unspecified atom stereocenters. The summed E-state index contributed by atoms with van der Waals surface area (Å²) >= 11 is 5.46. The van der Waals surface area contributed by atoms with Crippen molar-refractivity contribution in [1.29, 1.82) is 0 Å². The zero-order valence-electron chi connectivity index (χ0n) is 13.1. The SMILES string of the molecule is CCCNC(CC(C)C(C)(C)C)c1cc(Br)sc1C. The van der Waals surface area contributed by atoms with Crippen molar-refractivity contribution in [2.24, 2.45) is 11.3 Å². The highest BCUT2D eigenvalue weighted by atomic mass is 79.9. The second-order valence-corrected chi connectivity index (χ2v) is 9.21. The quantitative estimate of drug-likeness (QED) is 0.673. The van der Waals surface area contributed by atoms with Gasteiger partial charge in [0.05, 0.1) is 3.79 Å². The maximum atomic E-state index is 3.73. The maximum absolute atomic E-state index is 3.73. The van der Waals surface area contributed by atoms with E-state index in [0.717, 1.165) is 6.54 Å². The first kappa shape index (κ1) is 17.2. The minimum atomic E-state index is 0.368. The molecule has 1 aromatic heterocycles. The van der Waals surface area contributed by atoms with Crippen LogP contribution in [0.1, 0.15) is 63.9 Å². The van der Waals surface area contributed by atoms with Crippen molar-refractivity contribution in [3.05, 3.63) is 20.3 Å². The molecule has 1 heterocycles. The summed E-state index contributed by atoms with van der Waals surface area (Å²) in [4.78, 5) is 1.43. The van der Waals surface area contributed by atoms with E-state index in [9.17, 15) is 0 Å². The Morgan fingerprint density at radius 1 is 1.37 bits per heavy atom. The van der Waals surface area contributed by atoms with Crippen LogP contribution in [0.2, 0.25) is 0 Å². The number of thiophene rings is 1. The molecule has 0 radical (unpaired) electrons. The fourth-order valence-corrected chi connectivity index (χ4v) is 3.92. The lowest BCUT2D eigenvalue weighted by Crippen LogP contribution is -2.28. The zero-order chi connectivity index (χ0) is 14.6. The standard InChI is InChI=1S/C16H28BrNS/c1-7-8-18-14(9-11(2)16(4,5)6)13-10-15(17)19-12(13)3/h10-11,14,18H,7-9H2,1-6H3.